The summed E-state index contributed by atoms with van der Waals surface area (Å²) in [6, 6.07) is 8.54. The number of hydrogen-bond donors (Lipinski definition) is 1. The summed E-state index contributed by atoms with van der Waals surface area (Å²) in [6.07, 6.45) is 2.48. The first-order chi connectivity index (χ1) is 11.5. The molecule has 3 rings (SSSR count). The highest BCUT2D eigenvalue weighted by molar-refractivity contribution is 8.00. The summed E-state index contributed by atoms with van der Waals surface area (Å²) in [6.45, 7) is 7.71. The molecule has 1 saturated heterocycles. The summed E-state index contributed by atoms with van der Waals surface area (Å²) in [4.78, 5) is 6.93. The minimum Gasteiger partial charge on any atom is -0.497 e. The van der Waals surface area contributed by atoms with Crippen molar-refractivity contribution in [2.75, 3.05) is 39.5 Å². The lowest BCUT2D eigenvalue weighted by Crippen LogP contribution is -2.52. The van der Waals surface area contributed by atoms with E-state index in [2.05, 4.69) is 65.1 Å². The molecule has 0 amide bonds. The van der Waals surface area contributed by atoms with Crippen LogP contribution in [0.25, 0.3) is 0 Å². The first-order valence-electron chi connectivity index (χ1n) is 8.72. The van der Waals surface area contributed by atoms with Crippen molar-refractivity contribution in [2.45, 2.75) is 36.9 Å². The van der Waals surface area contributed by atoms with Crippen molar-refractivity contribution in [3.8, 4) is 5.75 Å². The lowest BCUT2D eigenvalue weighted by atomic mass is 9.96. The standard InChI is InChI=1S/C19H29N3OS/c1-18(2)14-22(11-12-24-18)17(20-3)21-13-19(9-10-19)15-5-7-16(23-4)8-6-15/h5-8H,9-14H2,1-4H3,(H,20,21). The Hall–Kier alpha value is -1.36. The zero-order valence-corrected chi connectivity index (χ0v) is 16.1. The molecule has 132 valence electrons. The maximum atomic E-state index is 5.27. The molecular formula is C19H29N3OS. The van der Waals surface area contributed by atoms with Gasteiger partial charge in [-0.2, -0.15) is 11.8 Å². The number of nitrogens with one attached hydrogen (secondary N) is 1. The van der Waals surface area contributed by atoms with E-state index in [4.69, 9.17) is 4.74 Å². The second-order valence-corrected chi connectivity index (χ2v) is 9.24. The van der Waals surface area contributed by atoms with Crippen LogP contribution in [0.3, 0.4) is 0 Å². The van der Waals surface area contributed by atoms with Gasteiger partial charge in [0.2, 0.25) is 0 Å². The average molecular weight is 348 g/mol. The number of guanidine groups is 1. The number of rotatable bonds is 4. The van der Waals surface area contributed by atoms with E-state index in [1.165, 1.54) is 18.4 Å². The largest absolute Gasteiger partial charge is 0.497 e. The van der Waals surface area contributed by atoms with Gasteiger partial charge in [0, 0.05) is 42.6 Å². The molecular weight excluding hydrogens is 318 g/mol. The quantitative estimate of drug-likeness (QED) is 0.671. The normalized spacial score (nSPS) is 22.2. The van der Waals surface area contributed by atoms with Crippen LogP contribution < -0.4 is 10.1 Å². The third-order valence-corrected chi connectivity index (χ3v) is 6.38. The summed E-state index contributed by atoms with van der Waals surface area (Å²) in [5, 5.41) is 3.64. The molecule has 1 saturated carbocycles. The van der Waals surface area contributed by atoms with Gasteiger partial charge in [-0.1, -0.05) is 12.1 Å². The highest BCUT2D eigenvalue weighted by atomic mass is 32.2. The highest BCUT2D eigenvalue weighted by Gasteiger charge is 2.44. The van der Waals surface area contributed by atoms with Crippen LogP contribution in [0.1, 0.15) is 32.3 Å². The maximum Gasteiger partial charge on any atom is 0.193 e. The monoisotopic (exact) mass is 347 g/mol. The fourth-order valence-electron chi connectivity index (χ4n) is 3.44. The zero-order chi connectivity index (χ0) is 17.2. The average Bonchev–Trinajstić information content (AvgIpc) is 3.36. The van der Waals surface area contributed by atoms with Crippen molar-refractivity contribution in [3.05, 3.63) is 29.8 Å². The summed E-state index contributed by atoms with van der Waals surface area (Å²) in [7, 11) is 3.61. The summed E-state index contributed by atoms with van der Waals surface area (Å²) < 4.78 is 5.57. The Kier molecular flexibility index (Phi) is 5.00. The van der Waals surface area contributed by atoms with Crippen molar-refractivity contribution in [2.24, 2.45) is 4.99 Å². The molecule has 2 fully saturated rings. The minimum atomic E-state index is 0.266. The minimum absolute atomic E-state index is 0.266. The van der Waals surface area contributed by atoms with Gasteiger partial charge in [-0.3, -0.25) is 4.99 Å². The molecule has 4 nitrogen and oxygen atoms in total. The molecule has 0 radical (unpaired) electrons. The number of benzene rings is 1. The van der Waals surface area contributed by atoms with Gasteiger partial charge < -0.3 is 15.0 Å². The van der Waals surface area contributed by atoms with Gasteiger partial charge in [0.15, 0.2) is 5.96 Å². The van der Waals surface area contributed by atoms with E-state index < -0.39 is 0 Å². The van der Waals surface area contributed by atoms with Crippen LogP contribution in [0.2, 0.25) is 0 Å². The van der Waals surface area contributed by atoms with Gasteiger partial charge >= 0.3 is 0 Å². The van der Waals surface area contributed by atoms with E-state index >= 15 is 0 Å². The van der Waals surface area contributed by atoms with Crippen LogP contribution in [0.15, 0.2) is 29.3 Å². The van der Waals surface area contributed by atoms with Crippen LogP contribution in [0.5, 0.6) is 5.75 Å². The Bertz CT molecular complexity index is 593. The molecule has 0 spiro atoms. The lowest BCUT2D eigenvalue weighted by molar-refractivity contribution is 0.374. The predicted molar refractivity (Wildman–Crippen MR) is 103 cm³/mol. The van der Waals surface area contributed by atoms with E-state index in [1.807, 2.05) is 7.05 Å². The number of hydrogen-bond acceptors (Lipinski definition) is 3. The lowest BCUT2D eigenvalue weighted by Gasteiger charge is -2.39. The summed E-state index contributed by atoms with van der Waals surface area (Å²) in [5.41, 5.74) is 1.67. The Morgan fingerprint density at radius 2 is 2.00 bits per heavy atom. The number of methoxy groups -OCH3 is 1. The third-order valence-electron chi connectivity index (χ3n) is 5.08. The van der Waals surface area contributed by atoms with Gasteiger partial charge in [-0.15, -0.1) is 0 Å². The van der Waals surface area contributed by atoms with Crippen molar-refractivity contribution >= 4 is 17.7 Å². The molecule has 1 N–H and O–H groups in total. The molecule has 1 aromatic carbocycles. The number of thioether (sulfide) groups is 1. The van der Waals surface area contributed by atoms with Crippen molar-refractivity contribution in [1.82, 2.24) is 10.2 Å². The molecule has 2 aliphatic rings. The molecule has 0 unspecified atom stereocenters. The molecule has 1 aliphatic carbocycles. The summed E-state index contributed by atoms with van der Waals surface area (Å²) >= 11 is 2.05. The van der Waals surface area contributed by atoms with Crippen LogP contribution in [0.4, 0.5) is 0 Å². The highest BCUT2D eigenvalue weighted by Crippen LogP contribution is 2.48. The number of ether oxygens (including phenoxy) is 1. The van der Waals surface area contributed by atoms with E-state index in [-0.39, 0.29) is 5.41 Å². The van der Waals surface area contributed by atoms with E-state index in [0.29, 0.717) is 4.75 Å². The second kappa shape index (κ2) is 6.87. The molecule has 5 heteroatoms. The SMILES string of the molecule is CN=C(NCC1(c2ccc(OC)cc2)CC1)N1CCSC(C)(C)C1. The second-order valence-electron chi connectivity index (χ2n) is 7.44. The molecule has 24 heavy (non-hydrogen) atoms. The van der Waals surface area contributed by atoms with Crippen molar-refractivity contribution in [1.29, 1.82) is 0 Å². The smallest absolute Gasteiger partial charge is 0.193 e. The molecule has 0 bridgehead atoms. The van der Waals surface area contributed by atoms with E-state index in [1.54, 1.807) is 7.11 Å². The number of nitrogens with zero attached hydrogens (tertiary/aromatic N) is 2. The maximum absolute atomic E-state index is 5.27. The van der Waals surface area contributed by atoms with Crippen LogP contribution >= 0.6 is 11.8 Å². The van der Waals surface area contributed by atoms with Gasteiger partial charge in [0.05, 0.1) is 7.11 Å². The van der Waals surface area contributed by atoms with Gasteiger partial charge in [-0.25, -0.2) is 0 Å². The Morgan fingerprint density at radius 1 is 1.29 bits per heavy atom. The Morgan fingerprint density at radius 3 is 2.54 bits per heavy atom. The van der Waals surface area contributed by atoms with Crippen molar-refractivity contribution in [3.63, 3.8) is 0 Å². The first kappa shape index (κ1) is 17.5. The molecule has 0 aromatic heterocycles. The number of aliphatic imine (C=N–C) groups is 1. The fraction of sp³-hybridized carbons (Fsp3) is 0.632. The van der Waals surface area contributed by atoms with Crippen molar-refractivity contribution < 1.29 is 4.74 Å². The third kappa shape index (κ3) is 3.82. The molecule has 1 aromatic rings. The first-order valence-corrected chi connectivity index (χ1v) is 9.71. The Balaban J connectivity index is 1.63. The predicted octanol–water partition coefficient (Wildman–Crippen LogP) is 3.13. The fourth-order valence-corrected chi connectivity index (χ4v) is 4.55. The molecule has 0 atom stereocenters. The molecule has 1 heterocycles. The van der Waals surface area contributed by atoms with Gasteiger partial charge in [0.1, 0.15) is 5.75 Å². The summed E-state index contributed by atoms with van der Waals surface area (Å²) in [5.74, 6) is 3.13. The topological polar surface area (TPSA) is 36.9 Å². The van der Waals surface area contributed by atoms with Crippen LogP contribution in [0, 0.1) is 0 Å². The van der Waals surface area contributed by atoms with E-state index in [9.17, 15) is 0 Å². The van der Waals surface area contributed by atoms with Gasteiger partial charge in [0.25, 0.3) is 0 Å². The van der Waals surface area contributed by atoms with Crippen LogP contribution in [-0.2, 0) is 5.41 Å². The zero-order valence-electron chi connectivity index (χ0n) is 15.3. The molecule has 1 aliphatic heterocycles. The van der Waals surface area contributed by atoms with Crippen LogP contribution in [-0.4, -0.2) is 55.2 Å². The van der Waals surface area contributed by atoms with Gasteiger partial charge in [-0.05, 0) is 44.4 Å². The van der Waals surface area contributed by atoms with E-state index in [0.717, 1.165) is 37.1 Å². The Labute approximate surface area is 150 Å².